The van der Waals surface area contributed by atoms with E-state index in [2.05, 4.69) is 5.32 Å². The van der Waals surface area contributed by atoms with Crippen LogP contribution in [0.4, 0.5) is 8.78 Å². The molecule has 0 bridgehead atoms. The fraction of sp³-hybridized carbons (Fsp3) is 0.529. The molecule has 0 radical (unpaired) electrons. The van der Waals surface area contributed by atoms with Crippen molar-refractivity contribution in [3.8, 4) is 0 Å². The van der Waals surface area contributed by atoms with Crippen LogP contribution in [0.3, 0.4) is 0 Å². The molecule has 1 spiro atoms. The summed E-state index contributed by atoms with van der Waals surface area (Å²) in [5.41, 5.74) is -0.774. The Balaban J connectivity index is 1.71. The number of rotatable bonds is 1. The Bertz CT molecular complexity index is 693. The summed E-state index contributed by atoms with van der Waals surface area (Å²) < 4.78 is 27.4. The van der Waals surface area contributed by atoms with Gasteiger partial charge < -0.3 is 10.2 Å². The minimum Gasteiger partial charge on any atom is -0.355 e. The van der Waals surface area contributed by atoms with Crippen LogP contribution in [0, 0.1) is 23.0 Å². The number of hydrogen-bond acceptors (Lipinski definition) is 2. The molecule has 1 N–H and O–H groups in total. The lowest BCUT2D eigenvalue weighted by Crippen LogP contribution is -2.50. The molecule has 6 heteroatoms. The molecule has 2 amide bonds. The summed E-state index contributed by atoms with van der Waals surface area (Å²) in [4.78, 5) is 26.9. The van der Waals surface area contributed by atoms with Crippen LogP contribution in [0.1, 0.15) is 36.0 Å². The predicted octanol–water partition coefficient (Wildman–Crippen LogP) is 2.10. The quantitative estimate of drug-likeness (QED) is 0.861. The lowest BCUT2D eigenvalue weighted by atomic mass is 9.67. The predicted molar refractivity (Wildman–Crippen MR) is 78.6 cm³/mol. The van der Waals surface area contributed by atoms with Crippen LogP contribution in [-0.4, -0.2) is 35.8 Å². The average Bonchev–Trinajstić information content (AvgIpc) is 3.04. The van der Waals surface area contributed by atoms with Crippen molar-refractivity contribution >= 4 is 11.8 Å². The second-order valence-electron chi connectivity index (χ2n) is 6.79. The third-order valence-corrected chi connectivity index (χ3v) is 5.79. The minimum absolute atomic E-state index is 0.0159. The van der Waals surface area contributed by atoms with E-state index >= 15 is 0 Å². The Morgan fingerprint density at radius 3 is 2.96 bits per heavy atom. The van der Waals surface area contributed by atoms with Crippen molar-refractivity contribution in [2.75, 3.05) is 13.1 Å². The third kappa shape index (κ3) is 1.93. The molecule has 122 valence electrons. The van der Waals surface area contributed by atoms with Crippen molar-refractivity contribution in [2.45, 2.75) is 31.7 Å². The Labute approximate surface area is 132 Å². The van der Waals surface area contributed by atoms with E-state index < -0.39 is 23.0 Å². The van der Waals surface area contributed by atoms with Crippen molar-refractivity contribution in [1.29, 1.82) is 0 Å². The van der Waals surface area contributed by atoms with Crippen LogP contribution in [0.15, 0.2) is 18.2 Å². The van der Waals surface area contributed by atoms with Crippen molar-refractivity contribution in [1.82, 2.24) is 10.2 Å². The minimum atomic E-state index is -0.720. The van der Waals surface area contributed by atoms with Crippen LogP contribution in [0.25, 0.3) is 0 Å². The maximum Gasteiger partial charge on any atom is 0.257 e. The van der Waals surface area contributed by atoms with E-state index in [0.717, 1.165) is 43.9 Å². The van der Waals surface area contributed by atoms with Gasteiger partial charge in [0.25, 0.3) is 5.91 Å². The van der Waals surface area contributed by atoms with Gasteiger partial charge in [-0.05, 0) is 31.0 Å². The standard InChI is InChI=1S/C17H18F2N2O2/c18-11-4-5-13(19)12(7-11)15(22)21-9-10-8-20-16(23)17(10)6-2-1-3-14(17)21/h4-5,7,10,14H,1-3,6,8-9H2,(H,20,23). The van der Waals surface area contributed by atoms with E-state index in [4.69, 9.17) is 0 Å². The molecule has 0 aromatic heterocycles. The molecule has 4 rings (SSSR count). The summed E-state index contributed by atoms with van der Waals surface area (Å²) in [7, 11) is 0. The number of amides is 2. The van der Waals surface area contributed by atoms with Gasteiger partial charge in [0.05, 0.1) is 11.0 Å². The summed E-state index contributed by atoms with van der Waals surface area (Å²) >= 11 is 0. The highest BCUT2D eigenvalue weighted by Gasteiger charge is 2.63. The number of carbonyl (C=O) groups is 2. The highest BCUT2D eigenvalue weighted by molar-refractivity contribution is 5.97. The van der Waals surface area contributed by atoms with Crippen molar-refractivity contribution in [2.24, 2.45) is 11.3 Å². The van der Waals surface area contributed by atoms with Gasteiger partial charge in [-0.15, -0.1) is 0 Å². The van der Waals surface area contributed by atoms with Crippen molar-refractivity contribution in [3.63, 3.8) is 0 Å². The zero-order chi connectivity index (χ0) is 16.2. The van der Waals surface area contributed by atoms with Gasteiger partial charge >= 0.3 is 0 Å². The molecule has 3 fully saturated rings. The number of hydrogen-bond donors (Lipinski definition) is 1. The van der Waals surface area contributed by atoms with Crippen LogP contribution in [0.5, 0.6) is 0 Å². The summed E-state index contributed by atoms with van der Waals surface area (Å²) in [5.74, 6) is -1.77. The molecule has 3 atom stereocenters. The lowest BCUT2D eigenvalue weighted by molar-refractivity contribution is -0.131. The number of likely N-dealkylation sites (tertiary alicyclic amines) is 1. The van der Waals surface area contributed by atoms with E-state index in [-0.39, 0.29) is 23.4 Å². The zero-order valence-corrected chi connectivity index (χ0v) is 12.6. The molecule has 2 heterocycles. The van der Waals surface area contributed by atoms with Gasteiger partial charge in [-0.25, -0.2) is 8.78 Å². The van der Waals surface area contributed by atoms with E-state index in [0.29, 0.717) is 13.1 Å². The Morgan fingerprint density at radius 2 is 2.13 bits per heavy atom. The van der Waals surface area contributed by atoms with E-state index in [1.165, 1.54) is 0 Å². The smallest absolute Gasteiger partial charge is 0.257 e. The highest BCUT2D eigenvalue weighted by Crippen LogP contribution is 2.53. The number of nitrogens with zero attached hydrogens (tertiary/aromatic N) is 1. The fourth-order valence-corrected chi connectivity index (χ4v) is 4.74. The molecule has 1 aromatic rings. The van der Waals surface area contributed by atoms with Gasteiger partial charge in [-0.2, -0.15) is 0 Å². The topological polar surface area (TPSA) is 49.4 Å². The largest absolute Gasteiger partial charge is 0.355 e. The van der Waals surface area contributed by atoms with Crippen molar-refractivity contribution < 1.29 is 18.4 Å². The van der Waals surface area contributed by atoms with Gasteiger partial charge in [0.1, 0.15) is 11.6 Å². The Kier molecular flexibility index (Phi) is 3.18. The third-order valence-electron chi connectivity index (χ3n) is 5.79. The van der Waals surface area contributed by atoms with Crippen LogP contribution in [0.2, 0.25) is 0 Å². The summed E-state index contributed by atoms with van der Waals surface area (Å²) in [5, 5.41) is 2.92. The molecular weight excluding hydrogens is 302 g/mol. The van der Waals surface area contributed by atoms with Gasteiger partial charge in [0.15, 0.2) is 0 Å². The average molecular weight is 320 g/mol. The monoisotopic (exact) mass is 320 g/mol. The van der Waals surface area contributed by atoms with Gasteiger partial charge in [0, 0.05) is 25.0 Å². The first-order valence-electron chi connectivity index (χ1n) is 8.08. The van der Waals surface area contributed by atoms with Gasteiger partial charge in [-0.1, -0.05) is 12.8 Å². The number of carbonyl (C=O) groups excluding carboxylic acids is 2. The summed E-state index contributed by atoms with van der Waals surface area (Å²) in [6.07, 6.45) is 3.43. The van der Waals surface area contributed by atoms with Crippen LogP contribution < -0.4 is 5.32 Å². The first kappa shape index (κ1) is 14.6. The maximum absolute atomic E-state index is 14.0. The normalized spacial score (nSPS) is 32.4. The van der Waals surface area contributed by atoms with E-state index in [1.807, 2.05) is 0 Å². The van der Waals surface area contributed by atoms with E-state index in [1.54, 1.807) is 4.90 Å². The number of nitrogens with one attached hydrogen (secondary N) is 1. The second-order valence-corrected chi connectivity index (χ2v) is 6.79. The van der Waals surface area contributed by atoms with Gasteiger partial charge in [-0.3, -0.25) is 9.59 Å². The van der Waals surface area contributed by atoms with Gasteiger partial charge in [0.2, 0.25) is 5.91 Å². The molecule has 2 aliphatic heterocycles. The lowest BCUT2D eigenvalue weighted by Gasteiger charge is -2.39. The number of halogens is 2. The zero-order valence-electron chi connectivity index (χ0n) is 12.6. The van der Waals surface area contributed by atoms with Crippen molar-refractivity contribution in [3.05, 3.63) is 35.4 Å². The first-order valence-corrected chi connectivity index (χ1v) is 8.08. The maximum atomic E-state index is 14.0. The van der Waals surface area contributed by atoms with Crippen LogP contribution in [-0.2, 0) is 4.79 Å². The Morgan fingerprint density at radius 1 is 1.30 bits per heavy atom. The SMILES string of the molecule is O=C(c1cc(F)ccc1F)N1CC2CNC(=O)C23CCCCC13. The number of benzene rings is 1. The molecule has 23 heavy (non-hydrogen) atoms. The van der Waals surface area contributed by atoms with Crippen LogP contribution >= 0.6 is 0 Å². The van der Waals surface area contributed by atoms with E-state index in [9.17, 15) is 18.4 Å². The molecule has 4 nitrogen and oxygen atoms in total. The summed E-state index contributed by atoms with van der Waals surface area (Å²) in [6.45, 7) is 0.989. The molecule has 1 saturated carbocycles. The second kappa shape index (κ2) is 5.01. The molecular formula is C17H18F2N2O2. The molecule has 1 aliphatic carbocycles. The highest BCUT2D eigenvalue weighted by atomic mass is 19.1. The Hall–Kier alpha value is -1.98. The summed E-state index contributed by atoms with van der Waals surface area (Å²) in [6, 6.07) is 2.71. The molecule has 3 unspecified atom stereocenters. The fourth-order valence-electron chi connectivity index (χ4n) is 4.74. The molecule has 1 aromatic carbocycles. The molecule has 3 aliphatic rings. The molecule has 2 saturated heterocycles. The first-order chi connectivity index (χ1) is 11.0.